The van der Waals surface area contributed by atoms with Crippen LogP contribution in [-0.4, -0.2) is 44.5 Å². The first-order chi connectivity index (χ1) is 18.0. The highest BCUT2D eigenvalue weighted by Crippen LogP contribution is 2.39. The van der Waals surface area contributed by atoms with Gasteiger partial charge in [-0.05, 0) is 44.0 Å². The van der Waals surface area contributed by atoms with E-state index in [-0.39, 0.29) is 24.4 Å². The van der Waals surface area contributed by atoms with E-state index in [0.717, 1.165) is 47.8 Å². The molecule has 4 aromatic rings. The summed E-state index contributed by atoms with van der Waals surface area (Å²) in [4.78, 5) is 30.3. The zero-order valence-corrected chi connectivity index (χ0v) is 21.3. The first-order valence-corrected chi connectivity index (χ1v) is 13.0. The highest BCUT2D eigenvalue weighted by atomic mass is 16.5. The molecule has 7 nitrogen and oxygen atoms in total. The van der Waals surface area contributed by atoms with E-state index in [1.807, 2.05) is 89.1 Å². The third-order valence-electron chi connectivity index (χ3n) is 8.02. The number of nitrogens with zero attached hydrogens (tertiary/aromatic N) is 3. The molecule has 37 heavy (non-hydrogen) atoms. The second-order valence-electron chi connectivity index (χ2n) is 10.3. The third-order valence-corrected chi connectivity index (χ3v) is 8.02. The maximum absolute atomic E-state index is 14.5. The van der Waals surface area contributed by atoms with Crippen LogP contribution in [0.4, 0.5) is 0 Å². The summed E-state index contributed by atoms with van der Waals surface area (Å²) in [6.45, 7) is 2.53. The molecule has 7 heteroatoms. The highest BCUT2D eigenvalue weighted by molar-refractivity contribution is 6.08. The Kier molecular flexibility index (Phi) is 5.78. The van der Waals surface area contributed by atoms with Gasteiger partial charge in [0.2, 0.25) is 5.91 Å². The van der Waals surface area contributed by atoms with Crippen molar-refractivity contribution in [3.05, 3.63) is 84.3 Å². The molecule has 0 radical (unpaired) electrons. The number of hydrogen-bond donors (Lipinski definition) is 1. The number of amides is 2. The average Bonchev–Trinajstić information content (AvgIpc) is 3.68. The summed E-state index contributed by atoms with van der Waals surface area (Å²) in [5, 5.41) is 4.27. The number of fused-ring (bicyclic) bond motifs is 3. The van der Waals surface area contributed by atoms with Gasteiger partial charge >= 0.3 is 0 Å². The Balaban J connectivity index is 1.52. The van der Waals surface area contributed by atoms with Crippen molar-refractivity contribution >= 4 is 22.7 Å². The van der Waals surface area contributed by atoms with E-state index in [9.17, 15) is 9.59 Å². The van der Waals surface area contributed by atoms with Gasteiger partial charge < -0.3 is 24.1 Å². The standard InChI is InChI=1S/C30H32N4O3/c1-30(29(36)31-22-12-4-5-13-22)20-33-24-15-7-6-14-23(24)26(32-17-9-10-18-32)27(33)28(35)34(30)19-21-11-3-8-16-25(21)37-2/h3,6-11,14-18,22H,4-5,12-13,19-20H2,1-2H3,(H,31,36)/t30-/m1/s1. The molecule has 0 unspecified atom stereocenters. The molecule has 0 saturated heterocycles. The summed E-state index contributed by atoms with van der Waals surface area (Å²) in [5.41, 5.74) is 2.17. The minimum atomic E-state index is -1.08. The van der Waals surface area contributed by atoms with Crippen LogP contribution < -0.4 is 10.1 Å². The summed E-state index contributed by atoms with van der Waals surface area (Å²) in [6, 6.07) is 19.8. The summed E-state index contributed by atoms with van der Waals surface area (Å²) >= 11 is 0. The quantitative estimate of drug-likeness (QED) is 0.412. The number of methoxy groups -OCH3 is 1. The number of carbonyl (C=O) groups excluding carboxylic acids is 2. The van der Waals surface area contributed by atoms with Crippen LogP contribution in [0.3, 0.4) is 0 Å². The molecule has 0 bridgehead atoms. The SMILES string of the molecule is COc1ccccc1CN1C(=O)c2c(-n3cccc3)c3ccccc3n2C[C@]1(C)C(=O)NC1CCCC1. The van der Waals surface area contributed by atoms with Gasteiger partial charge in [-0.2, -0.15) is 0 Å². The largest absolute Gasteiger partial charge is 0.496 e. The first kappa shape index (κ1) is 23.4. The number of carbonyl (C=O) groups is 2. The molecular weight excluding hydrogens is 464 g/mol. The number of rotatable bonds is 6. The van der Waals surface area contributed by atoms with E-state index in [1.54, 1.807) is 12.0 Å². The van der Waals surface area contributed by atoms with Gasteiger partial charge in [-0.25, -0.2) is 0 Å². The topological polar surface area (TPSA) is 68.5 Å². The molecule has 2 aliphatic rings. The van der Waals surface area contributed by atoms with Crippen LogP contribution in [0.1, 0.15) is 48.7 Å². The van der Waals surface area contributed by atoms with Crippen LogP contribution in [-0.2, 0) is 17.9 Å². The molecule has 6 rings (SSSR count). The summed E-state index contributed by atoms with van der Waals surface area (Å²) in [6.07, 6.45) is 8.13. The van der Waals surface area contributed by atoms with Crippen molar-refractivity contribution in [2.75, 3.05) is 7.11 Å². The fourth-order valence-corrected chi connectivity index (χ4v) is 6.01. The fraction of sp³-hybridized carbons (Fsp3) is 0.333. The van der Waals surface area contributed by atoms with Gasteiger partial charge in [0.15, 0.2) is 0 Å². The minimum absolute atomic E-state index is 0.103. The van der Waals surface area contributed by atoms with E-state index in [2.05, 4.69) is 5.32 Å². The number of para-hydroxylation sites is 2. The minimum Gasteiger partial charge on any atom is -0.496 e. The monoisotopic (exact) mass is 496 g/mol. The molecule has 2 aromatic heterocycles. The molecule has 0 spiro atoms. The second-order valence-corrected chi connectivity index (χ2v) is 10.3. The predicted molar refractivity (Wildman–Crippen MR) is 143 cm³/mol. The van der Waals surface area contributed by atoms with Crippen LogP contribution in [0.25, 0.3) is 16.6 Å². The smallest absolute Gasteiger partial charge is 0.273 e. The van der Waals surface area contributed by atoms with Gasteiger partial charge in [0.25, 0.3) is 5.91 Å². The lowest BCUT2D eigenvalue weighted by atomic mass is 9.93. The second kappa shape index (κ2) is 9.14. The molecule has 1 aliphatic heterocycles. The Morgan fingerprint density at radius 2 is 1.73 bits per heavy atom. The molecule has 190 valence electrons. The van der Waals surface area contributed by atoms with E-state index in [0.29, 0.717) is 18.0 Å². The predicted octanol–water partition coefficient (Wildman–Crippen LogP) is 4.91. The van der Waals surface area contributed by atoms with Gasteiger partial charge in [-0.15, -0.1) is 0 Å². The van der Waals surface area contributed by atoms with Crippen LogP contribution in [0.2, 0.25) is 0 Å². The van der Waals surface area contributed by atoms with Crippen molar-refractivity contribution in [3.8, 4) is 11.4 Å². The van der Waals surface area contributed by atoms with E-state index < -0.39 is 5.54 Å². The van der Waals surface area contributed by atoms with Gasteiger partial charge in [-0.1, -0.05) is 49.2 Å². The fourth-order valence-electron chi connectivity index (χ4n) is 6.01. The number of ether oxygens (including phenoxy) is 1. The lowest BCUT2D eigenvalue weighted by molar-refractivity contribution is -0.133. The van der Waals surface area contributed by atoms with Gasteiger partial charge in [0.1, 0.15) is 17.0 Å². The van der Waals surface area contributed by atoms with Crippen molar-refractivity contribution in [3.63, 3.8) is 0 Å². The van der Waals surface area contributed by atoms with E-state index in [1.165, 1.54) is 0 Å². The van der Waals surface area contributed by atoms with Gasteiger partial charge in [-0.3, -0.25) is 9.59 Å². The Morgan fingerprint density at radius 3 is 2.49 bits per heavy atom. The van der Waals surface area contributed by atoms with Gasteiger partial charge in [0.05, 0.1) is 31.4 Å². The lowest BCUT2D eigenvalue weighted by Gasteiger charge is -2.45. The zero-order valence-electron chi connectivity index (χ0n) is 21.3. The van der Waals surface area contributed by atoms with Crippen LogP contribution in [0.15, 0.2) is 73.1 Å². The Morgan fingerprint density at radius 1 is 1.03 bits per heavy atom. The number of aromatic nitrogens is 2. The maximum Gasteiger partial charge on any atom is 0.273 e. The Labute approximate surface area is 216 Å². The Hall–Kier alpha value is -4.00. The highest BCUT2D eigenvalue weighted by Gasteiger charge is 2.49. The number of nitrogens with one attached hydrogen (secondary N) is 1. The van der Waals surface area contributed by atoms with E-state index in [4.69, 9.17) is 4.74 Å². The van der Waals surface area contributed by atoms with Crippen molar-refractivity contribution < 1.29 is 14.3 Å². The van der Waals surface area contributed by atoms with Crippen LogP contribution in [0, 0.1) is 0 Å². The van der Waals surface area contributed by atoms with Crippen molar-refractivity contribution in [1.29, 1.82) is 0 Å². The lowest BCUT2D eigenvalue weighted by Crippen LogP contribution is -2.64. The molecule has 3 heterocycles. The summed E-state index contributed by atoms with van der Waals surface area (Å²) in [7, 11) is 1.63. The maximum atomic E-state index is 14.5. The van der Waals surface area contributed by atoms with Crippen molar-refractivity contribution in [1.82, 2.24) is 19.4 Å². The molecule has 1 N–H and O–H groups in total. The zero-order chi connectivity index (χ0) is 25.6. The van der Waals surface area contributed by atoms with Crippen molar-refractivity contribution in [2.45, 2.75) is 57.3 Å². The van der Waals surface area contributed by atoms with E-state index >= 15 is 0 Å². The van der Waals surface area contributed by atoms with Crippen LogP contribution in [0.5, 0.6) is 5.75 Å². The molecular formula is C30H32N4O3. The molecule has 1 saturated carbocycles. The summed E-state index contributed by atoms with van der Waals surface area (Å²) in [5.74, 6) is 0.431. The molecule has 2 aromatic carbocycles. The van der Waals surface area contributed by atoms with Crippen LogP contribution >= 0.6 is 0 Å². The molecule has 2 amide bonds. The Bertz CT molecular complexity index is 1470. The molecule has 1 aliphatic carbocycles. The van der Waals surface area contributed by atoms with Crippen molar-refractivity contribution in [2.24, 2.45) is 0 Å². The first-order valence-electron chi connectivity index (χ1n) is 13.0. The average molecular weight is 497 g/mol. The number of benzene rings is 2. The molecule has 1 atom stereocenters. The third kappa shape index (κ3) is 3.80. The number of hydrogen-bond acceptors (Lipinski definition) is 3. The normalized spacial score (nSPS) is 19.8. The molecule has 1 fully saturated rings. The summed E-state index contributed by atoms with van der Waals surface area (Å²) < 4.78 is 9.65. The van der Waals surface area contributed by atoms with Gasteiger partial charge in [0, 0.05) is 29.4 Å².